The third kappa shape index (κ3) is 2.65. The molecule has 1 heterocycles. The SMILES string of the molecule is COC(=O)c1nc(Cl)c(Cl)n1COC(C)=O. The highest BCUT2D eigenvalue weighted by atomic mass is 35.5. The van der Waals surface area contributed by atoms with E-state index < -0.39 is 11.9 Å². The Kier molecular flexibility index (Phi) is 4.14. The molecule has 0 spiro atoms. The van der Waals surface area contributed by atoms with Crippen molar-refractivity contribution in [2.75, 3.05) is 7.11 Å². The Bertz CT molecular complexity index is 430. The van der Waals surface area contributed by atoms with Crippen molar-refractivity contribution < 1.29 is 19.1 Å². The van der Waals surface area contributed by atoms with Gasteiger partial charge in [0, 0.05) is 6.92 Å². The fraction of sp³-hybridized carbons (Fsp3) is 0.375. The summed E-state index contributed by atoms with van der Waals surface area (Å²) in [5.41, 5.74) is 0. The highest BCUT2D eigenvalue weighted by molar-refractivity contribution is 6.40. The van der Waals surface area contributed by atoms with Gasteiger partial charge >= 0.3 is 11.9 Å². The molecule has 0 aromatic carbocycles. The van der Waals surface area contributed by atoms with Gasteiger partial charge in [-0.3, -0.25) is 9.36 Å². The number of aromatic nitrogens is 2. The summed E-state index contributed by atoms with van der Waals surface area (Å²) in [6, 6.07) is 0. The lowest BCUT2D eigenvalue weighted by molar-refractivity contribution is -0.144. The maximum atomic E-state index is 11.3. The number of methoxy groups -OCH3 is 1. The number of imidazole rings is 1. The lowest BCUT2D eigenvalue weighted by Crippen LogP contribution is -2.15. The molecule has 8 heteroatoms. The van der Waals surface area contributed by atoms with Crippen molar-refractivity contribution in [1.82, 2.24) is 9.55 Å². The number of rotatable bonds is 3. The van der Waals surface area contributed by atoms with E-state index in [1.54, 1.807) is 0 Å². The minimum Gasteiger partial charge on any atom is -0.463 e. The molecule has 1 aromatic rings. The molecule has 0 N–H and O–H groups in total. The van der Waals surface area contributed by atoms with Gasteiger partial charge in [-0.1, -0.05) is 23.2 Å². The number of nitrogens with zero attached hydrogens (tertiary/aromatic N) is 2. The average Bonchev–Trinajstić information content (AvgIpc) is 2.52. The van der Waals surface area contributed by atoms with E-state index in [1.807, 2.05) is 0 Å². The zero-order valence-corrected chi connectivity index (χ0v) is 10.0. The van der Waals surface area contributed by atoms with E-state index in [2.05, 4.69) is 9.72 Å². The van der Waals surface area contributed by atoms with E-state index >= 15 is 0 Å². The van der Waals surface area contributed by atoms with Crippen LogP contribution in [-0.4, -0.2) is 28.6 Å². The van der Waals surface area contributed by atoms with Crippen LogP contribution in [0.15, 0.2) is 0 Å². The molecule has 0 aliphatic heterocycles. The second-order valence-electron chi connectivity index (χ2n) is 2.70. The van der Waals surface area contributed by atoms with Gasteiger partial charge < -0.3 is 9.47 Å². The Balaban J connectivity index is 3.04. The second-order valence-corrected chi connectivity index (χ2v) is 3.42. The van der Waals surface area contributed by atoms with Crippen molar-refractivity contribution in [3.63, 3.8) is 0 Å². The third-order valence-electron chi connectivity index (χ3n) is 1.63. The van der Waals surface area contributed by atoms with Gasteiger partial charge in [0.2, 0.25) is 5.82 Å². The highest BCUT2D eigenvalue weighted by Crippen LogP contribution is 2.23. The first-order valence-electron chi connectivity index (χ1n) is 4.10. The van der Waals surface area contributed by atoms with E-state index in [0.29, 0.717) is 0 Å². The maximum absolute atomic E-state index is 11.3. The smallest absolute Gasteiger partial charge is 0.374 e. The summed E-state index contributed by atoms with van der Waals surface area (Å²) >= 11 is 11.4. The Morgan fingerprint density at radius 3 is 2.56 bits per heavy atom. The second kappa shape index (κ2) is 5.18. The molecule has 0 radical (unpaired) electrons. The van der Waals surface area contributed by atoms with E-state index in [4.69, 9.17) is 27.9 Å². The van der Waals surface area contributed by atoms with Crippen molar-refractivity contribution in [2.45, 2.75) is 13.7 Å². The molecule has 1 aromatic heterocycles. The number of hydrogen-bond donors (Lipinski definition) is 0. The third-order valence-corrected chi connectivity index (χ3v) is 2.38. The largest absolute Gasteiger partial charge is 0.463 e. The predicted octanol–water partition coefficient (Wildman–Crippen LogP) is 1.50. The van der Waals surface area contributed by atoms with Crippen LogP contribution < -0.4 is 0 Å². The van der Waals surface area contributed by atoms with E-state index in [-0.39, 0.29) is 22.9 Å². The minimum atomic E-state index is -0.721. The van der Waals surface area contributed by atoms with Crippen LogP contribution in [0.3, 0.4) is 0 Å². The van der Waals surface area contributed by atoms with Gasteiger partial charge in [0.1, 0.15) is 0 Å². The Morgan fingerprint density at radius 2 is 2.06 bits per heavy atom. The summed E-state index contributed by atoms with van der Waals surface area (Å²) in [5.74, 6) is -1.36. The maximum Gasteiger partial charge on any atom is 0.374 e. The first-order valence-corrected chi connectivity index (χ1v) is 4.86. The molecular weight excluding hydrogens is 259 g/mol. The highest BCUT2D eigenvalue weighted by Gasteiger charge is 2.21. The van der Waals surface area contributed by atoms with Gasteiger partial charge in [-0.2, -0.15) is 0 Å². The molecule has 0 saturated heterocycles. The number of carbonyl (C=O) groups excluding carboxylic acids is 2. The first kappa shape index (κ1) is 12.8. The van der Waals surface area contributed by atoms with Crippen molar-refractivity contribution in [3.8, 4) is 0 Å². The van der Waals surface area contributed by atoms with Crippen molar-refractivity contribution in [1.29, 1.82) is 0 Å². The van der Waals surface area contributed by atoms with Gasteiger partial charge in [0.25, 0.3) is 0 Å². The van der Waals surface area contributed by atoms with E-state index in [1.165, 1.54) is 14.0 Å². The van der Waals surface area contributed by atoms with Gasteiger partial charge in [0.15, 0.2) is 17.0 Å². The Labute approximate surface area is 101 Å². The predicted molar refractivity (Wildman–Crippen MR) is 55.4 cm³/mol. The van der Waals surface area contributed by atoms with Crippen LogP contribution >= 0.6 is 23.2 Å². The van der Waals surface area contributed by atoms with Crippen LogP contribution in [0.25, 0.3) is 0 Å². The van der Waals surface area contributed by atoms with Crippen LogP contribution in [0.4, 0.5) is 0 Å². The molecular formula is C8H8Cl2N2O4. The van der Waals surface area contributed by atoms with Crippen molar-refractivity contribution in [2.24, 2.45) is 0 Å². The van der Waals surface area contributed by atoms with Gasteiger partial charge in [0.05, 0.1) is 7.11 Å². The fourth-order valence-electron chi connectivity index (χ4n) is 0.924. The van der Waals surface area contributed by atoms with Crippen LogP contribution in [-0.2, 0) is 21.0 Å². The molecule has 6 nitrogen and oxygen atoms in total. The Hall–Kier alpha value is -1.27. The van der Waals surface area contributed by atoms with E-state index in [0.717, 1.165) is 4.57 Å². The number of carbonyl (C=O) groups is 2. The van der Waals surface area contributed by atoms with Crippen LogP contribution in [0.5, 0.6) is 0 Å². The van der Waals surface area contributed by atoms with Crippen molar-refractivity contribution in [3.05, 3.63) is 16.1 Å². The molecule has 0 saturated carbocycles. The molecule has 0 aliphatic carbocycles. The minimum absolute atomic E-state index is 0.00307. The van der Waals surface area contributed by atoms with Crippen LogP contribution in [0.1, 0.15) is 17.5 Å². The zero-order valence-electron chi connectivity index (χ0n) is 8.49. The Morgan fingerprint density at radius 1 is 1.44 bits per heavy atom. The van der Waals surface area contributed by atoms with Gasteiger partial charge in [-0.25, -0.2) is 9.78 Å². The summed E-state index contributed by atoms with van der Waals surface area (Å²) in [6.07, 6.45) is 0. The molecule has 0 unspecified atom stereocenters. The lowest BCUT2D eigenvalue weighted by Gasteiger charge is -2.06. The molecule has 16 heavy (non-hydrogen) atoms. The van der Waals surface area contributed by atoms with E-state index in [9.17, 15) is 9.59 Å². The lowest BCUT2D eigenvalue weighted by atomic mass is 10.6. The van der Waals surface area contributed by atoms with Gasteiger partial charge in [-0.05, 0) is 0 Å². The average molecular weight is 267 g/mol. The number of ether oxygens (including phenoxy) is 2. The number of halogens is 2. The molecule has 1 rings (SSSR count). The molecule has 88 valence electrons. The molecule has 0 aliphatic rings. The zero-order chi connectivity index (χ0) is 12.3. The van der Waals surface area contributed by atoms with Crippen LogP contribution in [0, 0.1) is 0 Å². The molecule has 0 atom stereocenters. The topological polar surface area (TPSA) is 70.4 Å². The summed E-state index contributed by atoms with van der Waals surface area (Å²) in [5, 5.41) is -0.0578. The normalized spacial score (nSPS) is 10.0. The standard InChI is InChI=1S/C8H8Cl2N2O4/c1-4(13)16-3-12-6(10)5(9)11-7(12)8(14)15-2/h3H2,1-2H3. The molecule has 0 bridgehead atoms. The quantitative estimate of drug-likeness (QED) is 0.776. The summed E-state index contributed by atoms with van der Waals surface area (Å²) in [7, 11) is 1.19. The van der Waals surface area contributed by atoms with Crippen molar-refractivity contribution >= 4 is 35.1 Å². The summed E-state index contributed by atoms with van der Waals surface area (Å²) in [4.78, 5) is 25.6. The fourth-order valence-corrected chi connectivity index (χ4v) is 1.28. The molecule has 0 fully saturated rings. The molecule has 0 amide bonds. The number of hydrogen-bond acceptors (Lipinski definition) is 5. The van der Waals surface area contributed by atoms with Crippen LogP contribution in [0.2, 0.25) is 10.3 Å². The summed E-state index contributed by atoms with van der Waals surface area (Å²) in [6.45, 7) is 0.975. The first-order chi connectivity index (χ1) is 7.47. The monoisotopic (exact) mass is 266 g/mol. The van der Waals surface area contributed by atoms with Gasteiger partial charge in [-0.15, -0.1) is 0 Å². The number of esters is 2. The summed E-state index contributed by atoms with van der Waals surface area (Å²) < 4.78 is 10.3.